The molecule has 21 heavy (non-hydrogen) atoms. The molecule has 0 heterocycles. The van der Waals surface area contributed by atoms with Crippen LogP contribution >= 0.6 is 12.2 Å². The summed E-state index contributed by atoms with van der Waals surface area (Å²) in [5.41, 5.74) is 9.40. The van der Waals surface area contributed by atoms with Gasteiger partial charge in [-0.25, -0.2) is 0 Å². The number of hydrogen-bond donors (Lipinski definition) is 1. The van der Waals surface area contributed by atoms with Crippen LogP contribution in [-0.2, 0) is 13.5 Å². The Bertz CT molecular complexity index is 622. The molecule has 2 aromatic carbocycles. The Labute approximate surface area is 161 Å². The topological polar surface area (TPSA) is 49.8 Å². The number of thiocarbonyl (C=S) groups is 1. The molecule has 0 fully saturated rings. The second kappa shape index (κ2) is 11.8. The number of nitrogens with two attached hydrogens (primary N) is 1. The van der Waals surface area contributed by atoms with Crippen molar-refractivity contribution >= 4 is 30.7 Å². The van der Waals surface area contributed by atoms with Crippen LogP contribution in [0.15, 0.2) is 48.5 Å². The molecule has 0 amide bonds. The van der Waals surface area contributed by atoms with E-state index in [-0.39, 0.29) is 43.1 Å². The Morgan fingerprint density at radius 2 is 1.57 bits per heavy atom. The van der Waals surface area contributed by atoms with E-state index in [4.69, 9.17) is 23.2 Å². The van der Waals surface area contributed by atoms with Crippen LogP contribution in [0.2, 0.25) is 0 Å². The summed E-state index contributed by atoms with van der Waals surface area (Å²) in [4.78, 5) is 0.462. The van der Waals surface area contributed by atoms with Gasteiger partial charge < -0.3 is 19.2 Å². The Morgan fingerprint density at radius 1 is 1.05 bits per heavy atom. The normalized spacial score (nSPS) is 8.05. The van der Waals surface area contributed by atoms with Crippen molar-refractivity contribution in [2.45, 2.75) is 13.8 Å². The first-order valence-corrected chi connectivity index (χ1v) is 6.27. The van der Waals surface area contributed by atoms with Crippen LogP contribution in [0.5, 0.6) is 0 Å². The van der Waals surface area contributed by atoms with Crippen LogP contribution < -0.4 is 35.3 Å². The molecule has 0 aliphatic carbocycles. The maximum Gasteiger partial charge on any atom is 1.00 e. The van der Waals surface area contributed by atoms with Crippen molar-refractivity contribution in [1.29, 1.82) is 5.26 Å². The zero-order valence-corrected chi connectivity index (χ0v) is 16.2. The van der Waals surface area contributed by atoms with Gasteiger partial charge in [0.2, 0.25) is 0 Å². The first kappa shape index (κ1) is 22.5. The Balaban J connectivity index is 0. The number of nitrogens with zero attached hydrogens (tertiary/aromatic N) is 1. The Kier molecular flexibility index (Phi) is 12.6. The van der Waals surface area contributed by atoms with Crippen LogP contribution in [0, 0.1) is 25.2 Å². The molecular formula is C16H17N2NaS2. The number of benzene rings is 2. The van der Waals surface area contributed by atoms with Crippen LogP contribution in [0.1, 0.15) is 22.3 Å². The van der Waals surface area contributed by atoms with E-state index in [1.165, 1.54) is 5.56 Å². The molecule has 0 aromatic heterocycles. The average Bonchev–Trinajstić information content (AvgIpc) is 2.39. The second-order valence-corrected chi connectivity index (χ2v) is 4.65. The zero-order valence-electron chi connectivity index (χ0n) is 12.5. The number of nitriles is 1. The maximum absolute atomic E-state index is 8.41. The summed E-state index contributed by atoms with van der Waals surface area (Å²) in [5, 5.41) is 8.41. The monoisotopic (exact) mass is 324 g/mol. The molecule has 0 saturated heterocycles. The van der Waals surface area contributed by atoms with Gasteiger partial charge in [0.15, 0.2) is 0 Å². The van der Waals surface area contributed by atoms with Crippen molar-refractivity contribution < 1.29 is 29.6 Å². The van der Waals surface area contributed by atoms with Gasteiger partial charge in [-0.3, -0.25) is 0 Å². The summed E-state index contributed by atoms with van der Waals surface area (Å²) in [7, 11) is 0. The molecule has 2 N–H and O–H groups in total. The predicted octanol–water partition coefficient (Wildman–Crippen LogP) is 0.230. The van der Waals surface area contributed by atoms with Gasteiger partial charge in [0.1, 0.15) is 4.99 Å². The van der Waals surface area contributed by atoms with Crippen molar-refractivity contribution in [2.24, 2.45) is 5.73 Å². The molecule has 5 heteroatoms. The third kappa shape index (κ3) is 8.92. The number of thiol groups is 1. The minimum absolute atomic E-state index is 0. The quantitative estimate of drug-likeness (QED) is 0.353. The molecule has 0 bridgehead atoms. The molecule has 2 nitrogen and oxygen atoms in total. The fraction of sp³-hybridized carbons (Fsp3) is 0.125. The van der Waals surface area contributed by atoms with Gasteiger partial charge in [-0.05, 0) is 37.6 Å². The molecule has 2 aromatic rings. The van der Waals surface area contributed by atoms with Gasteiger partial charge in [-0.2, -0.15) is 5.26 Å². The molecule has 0 unspecified atom stereocenters. The zero-order chi connectivity index (χ0) is 14.3. The maximum atomic E-state index is 8.41. The van der Waals surface area contributed by atoms with Gasteiger partial charge >= 0.3 is 29.6 Å². The number of rotatable bonds is 1. The minimum Gasteiger partial charge on any atom is -0.813 e. The molecule has 0 saturated carbocycles. The van der Waals surface area contributed by atoms with Crippen molar-refractivity contribution in [3.8, 4) is 6.07 Å². The number of aryl methyl sites for hydroxylation is 2. The Hall–Kier alpha value is -0.830. The minimum atomic E-state index is 0. The fourth-order valence-electron chi connectivity index (χ4n) is 1.51. The van der Waals surface area contributed by atoms with Crippen molar-refractivity contribution in [1.82, 2.24) is 0 Å². The van der Waals surface area contributed by atoms with E-state index in [1.54, 1.807) is 6.07 Å². The van der Waals surface area contributed by atoms with E-state index in [0.29, 0.717) is 4.99 Å². The SMILES string of the molecule is Cc1cccc(C#N)c1.Cc1cccc(C(N)=S)c1.[Na+].[SH-]. The van der Waals surface area contributed by atoms with Crippen LogP contribution in [-0.4, -0.2) is 4.99 Å². The smallest absolute Gasteiger partial charge is 0.813 e. The third-order valence-electron chi connectivity index (χ3n) is 2.45. The predicted molar refractivity (Wildman–Crippen MR) is 91.7 cm³/mol. The van der Waals surface area contributed by atoms with Crippen molar-refractivity contribution in [3.63, 3.8) is 0 Å². The van der Waals surface area contributed by atoms with Gasteiger partial charge in [0, 0.05) is 5.56 Å². The van der Waals surface area contributed by atoms with Crippen LogP contribution in [0.4, 0.5) is 0 Å². The summed E-state index contributed by atoms with van der Waals surface area (Å²) in [6.45, 7) is 3.99. The first-order valence-electron chi connectivity index (χ1n) is 5.86. The van der Waals surface area contributed by atoms with E-state index >= 15 is 0 Å². The summed E-state index contributed by atoms with van der Waals surface area (Å²) in [5.74, 6) is 0. The van der Waals surface area contributed by atoms with Crippen molar-refractivity contribution in [3.05, 3.63) is 70.8 Å². The van der Waals surface area contributed by atoms with E-state index < -0.39 is 0 Å². The molecular weight excluding hydrogens is 307 g/mol. The fourth-order valence-corrected chi connectivity index (χ4v) is 1.64. The van der Waals surface area contributed by atoms with Crippen LogP contribution in [0.3, 0.4) is 0 Å². The molecule has 0 atom stereocenters. The van der Waals surface area contributed by atoms with E-state index in [9.17, 15) is 0 Å². The summed E-state index contributed by atoms with van der Waals surface area (Å²) in [6, 6.07) is 17.4. The summed E-state index contributed by atoms with van der Waals surface area (Å²) < 4.78 is 0. The standard InChI is InChI=1S/C8H9NS.C8H7N.Na.H2S/c1-6-3-2-4-7(5-6)8(9)10;1-7-3-2-4-8(5-7)6-9;;/h2-5H,1H3,(H2,9,10);2-5H,1H3;;1H2/q;;+1;/p-1. The van der Waals surface area contributed by atoms with Gasteiger partial charge in [0.05, 0.1) is 11.6 Å². The summed E-state index contributed by atoms with van der Waals surface area (Å²) in [6.07, 6.45) is 0. The number of hydrogen-bond acceptors (Lipinski definition) is 3. The molecule has 0 radical (unpaired) electrons. The van der Waals surface area contributed by atoms with E-state index in [0.717, 1.165) is 16.7 Å². The molecule has 104 valence electrons. The van der Waals surface area contributed by atoms with Gasteiger partial charge in [-0.15, -0.1) is 0 Å². The summed E-state index contributed by atoms with van der Waals surface area (Å²) >= 11 is 4.80. The van der Waals surface area contributed by atoms with Crippen LogP contribution in [0.25, 0.3) is 0 Å². The van der Waals surface area contributed by atoms with Gasteiger partial charge in [-0.1, -0.05) is 48.1 Å². The average molecular weight is 324 g/mol. The third-order valence-corrected chi connectivity index (χ3v) is 2.69. The van der Waals surface area contributed by atoms with Gasteiger partial charge in [0.25, 0.3) is 0 Å². The van der Waals surface area contributed by atoms with E-state index in [1.807, 2.05) is 56.3 Å². The Morgan fingerprint density at radius 3 is 1.90 bits per heavy atom. The molecule has 0 aliphatic rings. The van der Waals surface area contributed by atoms with E-state index in [2.05, 4.69) is 6.07 Å². The largest absolute Gasteiger partial charge is 1.00 e. The molecule has 0 spiro atoms. The van der Waals surface area contributed by atoms with Crippen molar-refractivity contribution in [2.75, 3.05) is 0 Å². The second-order valence-electron chi connectivity index (χ2n) is 4.22. The first-order chi connectivity index (χ1) is 9.02. The molecule has 0 aliphatic heterocycles. The molecule has 2 rings (SSSR count).